The lowest BCUT2D eigenvalue weighted by atomic mass is 9.90. The number of likely N-dealkylation sites (N-methyl/N-ethyl adjacent to an activating group) is 1. The molecular weight excluding hydrogens is 410 g/mol. The predicted molar refractivity (Wildman–Crippen MR) is 124 cm³/mol. The molecular formula is C24H29N3O3S. The quantitative estimate of drug-likeness (QED) is 0.593. The van der Waals surface area contributed by atoms with Crippen LogP contribution in [0.15, 0.2) is 60.8 Å². The van der Waals surface area contributed by atoms with Gasteiger partial charge in [-0.05, 0) is 30.5 Å². The van der Waals surface area contributed by atoms with Crippen molar-refractivity contribution in [1.29, 1.82) is 0 Å². The molecule has 3 aromatic rings. The summed E-state index contributed by atoms with van der Waals surface area (Å²) in [5, 5.41) is 4.58. The molecule has 1 aromatic heterocycles. The molecule has 7 heteroatoms. The van der Waals surface area contributed by atoms with Gasteiger partial charge in [-0.25, -0.2) is 8.42 Å². The lowest BCUT2D eigenvalue weighted by molar-refractivity contribution is -0.133. The molecule has 0 aliphatic carbocycles. The van der Waals surface area contributed by atoms with Crippen LogP contribution in [0.1, 0.15) is 30.4 Å². The van der Waals surface area contributed by atoms with Crippen molar-refractivity contribution in [3.63, 3.8) is 0 Å². The summed E-state index contributed by atoms with van der Waals surface area (Å²) in [6, 6.07) is 17.8. The maximum absolute atomic E-state index is 13.0. The van der Waals surface area contributed by atoms with Crippen LogP contribution in [0.5, 0.6) is 0 Å². The Morgan fingerprint density at radius 1 is 1.16 bits per heavy atom. The van der Waals surface area contributed by atoms with Gasteiger partial charge in [-0.3, -0.25) is 4.79 Å². The monoisotopic (exact) mass is 439 g/mol. The number of rotatable bonds is 7. The van der Waals surface area contributed by atoms with Crippen molar-refractivity contribution in [3.8, 4) is 0 Å². The average Bonchev–Trinajstić information content (AvgIpc) is 3.36. The molecule has 31 heavy (non-hydrogen) atoms. The molecule has 0 saturated carbocycles. The van der Waals surface area contributed by atoms with Crippen LogP contribution >= 0.6 is 0 Å². The summed E-state index contributed by atoms with van der Waals surface area (Å²) in [4.78, 5) is 17.9. The van der Waals surface area contributed by atoms with E-state index < -0.39 is 15.9 Å². The number of fused-ring (bicyclic) bond motifs is 1. The molecule has 2 heterocycles. The van der Waals surface area contributed by atoms with E-state index in [1.165, 1.54) is 16.5 Å². The maximum atomic E-state index is 13.0. The zero-order valence-electron chi connectivity index (χ0n) is 17.9. The van der Waals surface area contributed by atoms with Crippen molar-refractivity contribution in [3.05, 3.63) is 71.9 Å². The van der Waals surface area contributed by atoms with Gasteiger partial charge in [0.25, 0.3) is 0 Å². The molecule has 6 nitrogen and oxygen atoms in total. The molecule has 2 aromatic carbocycles. The Morgan fingerprint density at radius 3 is 2.58 bits per heavy atom. The highest BCUT2D eigenvalue weighted by Gasteiger charge is 2.34. The highest BCUT2D eigenvalue weighted by atomic mass is 32.2. The summed E-state index contributed by atoms with van der Waals surface area (Å²) in [6.07, 6.45) is 2.56. The van der Waals surface area contributed by atoms with Gasteiger partial charge in [0.05, 0.1) is 17.5 Å². The summed E-state index contributed by atoms with van der Waals surface area (Å²) in [6.45, 7) is 2.44. The molecule has 1 fully saturated rings. The van der Waals surface area contributed by atoms with E-state index in [1.54, 1.807) is 11.9 Å². The molecule has 0 bridgehead atoms. The number of benzene rings is 2. The lowest BCUT2D eigenvalue weighted by Gasteiger charge is -2.28. The van der Waals surface area contributed by atoms with Gasteiger partial charge in [-0.1, -0.05) is 48.5 Å². The first-order valence-electron chi connectivity index (χ1n) is 10.7. The minimum absolute atomic E-state index is 0.0595. The number of para-hydroxylation sites is 1. The van der Waals surface area contributed by atoms with Crippen LogP contribution in [-0.4, -0.2) is 61.4 Å². The third-order valence-electron chi connectivity index (χ3n) is 6.30. The largest absolute Gasteiger partial charge is 0.361 e. The number of H-pyrrole nitrogens is 1. The van der Waals surface area contributed by atoms with E-state index in [0.29, 0.717) is 13.0 Å². The number of hydrogen-bond acceptors (Lipinski definition) is 4. The average molecular weight is 440 g/mol. The summed E-state index contributed by atoms with van der Waals surface area (Å²) in [5.41, 5.74) is 3.45. The molecule has 1 saturated heterocycles. The van der Waals surface area contributed by atoms with E-state index in [0.717, 1.165) is 5.52 Å². The van der Waals surface area contributed by atoms with Crippen LogP contribution in [0.25, 0.3) is 10.9 Å². The number of amides is 1. The number of hydrogen-bond donors (Lipinski definition) is 2. The summed E-state index contributed by atoms with van der Waals surface area (Å²) in [5.74, 6) is 0.218. The minimum Gasteiger partial charge on any atom is -0.361 e. The summed E-state index contributed by atoms with van der Waals surface area (Å²) < 4.78 is 23.6. The van der Waals surface area contributed by atoms with Crippen molar-refractivity contribution >= 4 is 26.6 Å². The Kier molecular flexibility index (Phi) is 6.16. The van der Waals surface area contributed by atoms with E-state index in [2.05, 4.69) is 34.6 Å². The fourth-order valence-electron chi connectivity index (χ4n) is 4.42. The van der Waals surface area contributed by atoms with Crippen LogP contribution in [-0.2, 0) is 14.6 Å². The number of nitrogens with one attached hydrogen (secondary N) is 2. The topological polar surface area (TPSA) is 82.3 Å². The van der Waals surface area contributed by atoms with Gasteiger partial charge in [-0.2, -0.15) is 0 Å². The van der Waals surface area contributed by atoms with Crippen molar-refractivity contribution in [2.45, 2.75) is 31.3 Å². The molecule has 1 amide bonds. The Morgan fingerprint density at radius 2 is 1.87 bits per heavy atom. The first kappa shape index (κ1) is 21.6. The molecule has 3 unspecified atom stereocenters. The van der Waals surface area contributed by atoms with E-state index >= 15 is 0 Å². The number of aromatic nitrogens is 1. The minimum atomic E-state index is -3.03. The Hall–Kier alpha value is -2.64. The number of carbonyl (C=O) groups excluding carboxylic acids is 1. The maximum Gasteiger partial charge on any atom is 0.239 e. The predicted octanol–water partition coefficient (Wildman–Crippen LogP) is 2.92. The van der Waals surface area contributed by atoms with Gasteiger partial charge in [0.15, 0.2) is 9.84 Å². The molecule has 2 N–H and O–H groups in total. The number of aromatic amines is 1. The van der Waals surface area contributed by atoms with Gasteiger partial charge < -0.3 is 15.2 Å². The SMILES string of the molecule is CC(NCC(c1ccccc1)c1c[nH]c2ccccc12)C(=O)N(C)C1CCS(=O)(=O)C1. The molecule has 3 atom stereocenters. The van der Waals surface area contributed by atoms with E-state index in [9.17, 15) is 13.2 Å². The van der Waals surface area contributed by atoms with Crippen LogP contribution in [0, 0.1) is 0 Å². The van der Waals surface area contributed by atoms with Gasteiger partial charge in [0.1, 0.15) is 0 Å². The first-order valence-corrected chi connectivity index (χ1v) is 12.5. The van der Waals surface area contributed by atoms with E-state index in [4.69, 9.17) is 0 Å². The molecule has 1 aliphatic heterocycles. The molecule has 0 spiro atoms. The number of carbonyl (C=O) groups is 1. The molecule has 164 valence electrons. The second-order valence-electron chi connectivity index (χ2n) is 8.39. The fourth-order valence-corrected chi connectivity index (χ4v) is 6.20. The fraction of sp³-hybridized carbons (Fsp3) is 0.375. The third kappa shape index (κ3) is 4.67. The van der Waals surface area contributed by atoms with E-state index in [1.807, 2.05) is 43.5 Å². The summed E-state index contributed by atoms with van der Waals surface area (Å²) in [7, 11) is -1.32. The lowest BCUT2D eigenvalue weighted by Crippen LogP contribution is -2.48. The third-order valence-corrected chi connectivity index (χ3v) is 8.05. The highest BCUT2D eigenvalue weighted by molar-refractivity contribution is 7.91. The summed E-state index contributed by atoms with van der Waals surface area (Å²) >= 11 is 0. The van der Waals surface area contributed by atoms with Crippen molar-refractivity contribution in [2.24, 2.45) is 0 Å². The zero-order valence-corrected chi connectivity index (χ0v) is 18.7. The molecule has 0 radical (unpaired) electrons. The van der Waals surface area contributed by atoms with Crippen molar-refractivity contribution < 1.29 is 13.2 Å². The first-order chi connectivity index (χ1) is 14.9. The van der Waals surface area contributed by atoms with Gasteiger partial charge in [0, 0.05) is 42.7 Å². The van der Waals surface area contributed by atoms with Crippen molar-refractivity contribution in [2.75, 3.05) is 25.1 Å². The van der Waals surface area contributed by atoms with Gasteiger partial charge in [-0.15, -0.1) is 0 Å². The highest BCUT2D eigenvalue weighted by Crippen LogP contribution is 2.30. The Bertz CT molecular complexity index is 1160. The second-order valence-corrected chi connectivity index (χ2v) is 10.6. The Balaban J connectivity index is 1.51. The number of sulfone groups is 1. The van der Waals surface area contributed by atoms with Gasteiger partial charge in [0.2, 0.25) is 5.91 Å². The second kappa shape index (κ2) is 8.85. The molecule has 4 rings (SSSR count). The Labute approximate surface area is 183 Å². The molecule has 1 aliphatic rings. The van der Waals surface area contributed by atoms with Gasteiger partial charge >= 0.3 is 0 Å². The normalized spacial score (nSPS) is 19.9. The van der Waals surface area contributed by atoms with Crippen LogP contribution < -0.4 is 5.32 Å². The van der Waals surface area contributed by atoms with E-state index in [-0.39, 0.29) is 29.4 Å². The zero-order chi connectivity index (χ0) is 22.0. The smallest absolute Gasteiger partial charge is 0.239 e. The van der Waals surface area contributed by atoms with Crippen LogP contribution in [0.4, 0.5) is 0 Å². The van der Waals surface area contributed by atoms with Crippen molar-refractivity contribution in [1.82, 2.24) is 15.2 Å². The number of nitrogens with zero attached hydrogens (tertiary/aromatic N) is 1. The van der Waals surface area contributed by atoms with Crippen LogP contribution in [0.3, 0.4) is 0 Å². The standard InChI is InChI=1S/C24H29N3O3S/c1-17(24(28)27(2)19-12-13-31(29,30)16-19)25-14-21(18-8-4-3-5-9-18)22-15-26-23-11-7-6-10-20(22)23/h3-11,15,17,19,21,25-26H,12-14,16H2,1-2H3. The van der Waals surface area contributed by atoms with Crippen LogP contribution in [0.2, 0.25) is 0 Å².